The second-order valence-corrected chi connectivity index (χ2v) is 5.13. The van der Waals surface area contributed by atoms with E-state index in [2.05, 4.69) is 4.98 Å². The molecule has 3 rings (SSSR count). The molecule has 0 aliphatic heterocycles. The molecular formula is C15H14F3NO. The minimum atomic E-state index is -4.47. The predicted octanol–water partition coefficient (Wildman–Crippen LogP) is 3.61. The zero-order chi connectivity index (χ0) is 14.4. The van der Waals surface area contributed by atoms with Gasteiger partial charge in [0, 0.05) is 23.0 Å². The minimum Gasteiger partial charge on any atom is -0.380 e. The summed E-state index contributed by atoms with van der Waals surface area (Å²) in [7, 11) is 0. The second kappa shape index (κ2) is 4.38. The van der Waals surface area contributed by atoms with Crippen molar-refractivity contribution >= 4 is 0 Å². The Kier molecular flexibility index (Phi) is 2.90. The zero-order valence-electron chi connectivity index (χ0n) is 10.7. The molecule has 2 aromatic rings. The van der Waals surface area contributed by atoms with Gasteiger partial charge in [-0.1, -0.05) is 18.2 Å². The van der Waals surface area contributed by atoms with E-state index in [4.69, 9.17) is 0 Å². The maximum absolute atomic E-state index is 13.2. The molecule has 0 radical (unpaired) electrons. The van der Waals surface area contributed by atoms with Gasteiger partial charge in [-0.15, -0.1) is 0 Å². The summed E-state index contributed by atoms with van der Waals surface area (Å²) in [5.74, 6) is 0. The highest BCUT2D eigenvalue weighted by atomic mass is 19.4. The van der Waals surface area contributed by atoms with Crippen LogP contribution in [0, 0.1) is 0 Å². The highest BCUT2D eigenvalue weighted by Gasteiger charge is 2.43. The normalized spacial score (nSPS) is 22.6. The van der Waals surface area contributed by atoms with Crippen LogP contribution in [0.1, 0.15) is 35.2 Å². The first-order valence-electron chi connectivity index (χ1n) is 6.49. The number of rotatable bonds is 1. The number of fused-ring (bicyclic) bond motifs is 1. The van der Waals surface area contributed by atoms with Crippen molar-refractivity contribution in [3.05, 3.63) is 58.9 Å². The van der Waals surface area contributed by atoms with Gasteiger partial charge in [-0.3, -0.25) is 0 Å². The number of aryl methyl sites for hydroxylation is 1. The third-order valence-corrected chi connectivity index (χ3v) is 3.92. The number of aromatic amines is 1. The van der Waals surface area contributed by atoms with Crippen LogP contribution >= 0.6 is 0 Å². The lowest BCUT2D eigenvalue weighted by molar-refractivity contribution is -0.140. The van der Waals surface area contributed by atoms with Gasteiger partial charge in [-0.2, -0.15) is 13.2 Å². The number of nitrogens with one attached hydrogen (secondary N) is 1. The molecular weight excluding hydrogens is 267 g/mol. The topological polar surface area (TPSA) is 36.0 Å². The van der Waals surface area contributed by atoms with E-state index in [1.54, 1.807) is 12.3 Å². The molecule has 1 aromatic carbocycles. The Bertz CT molecular complexity index is 632. The van der Waals surface area contributed by atoms with Crippen molar-refractivity contribution in [2.24, 2.45) is 0 Å². The molecule has 1 heterocycles. The van der Waals surface area contributed by atoms with E-state index in [1.165, 1.54) is 18.2 Å². The maximum Gasteiger partial charge on any atom is 0.416 e. The number of aliphatic hydroxyl groups is 1. The van der Waals surface area contributed by atoms with Crippen molar-refractivity contribution in [2.45, 2.75) is 31.0 Å². The standard InChI is InChI=1S/C15H14F3NO/c16-15(17,18)11-5-2-1-4-10(11)14(20)8-3-6-13-12(14)7-9-19-13/h1-2,4-5,7,9,19-20H,3,6,8H2. The number of H-pyrrole nitrogens is 1. The average molecular weight is 281 g/mol. The average Bonchev–Trinajstić information content (AvgIpc) is 2.88. The molecule has 2 nitrogen and oxygen atoms in total. The summed E-state index contributed by atoms with van der Waals surface area (Å²) in [5, 5.41) is 10.9. The Balaban J connectivity index is 2.20. The molecule has 0 saturated heterocycles. The van der Waals surface area contributed by atoms with E-state index < -0.39 is 17.3 Å². The number of hydrogen-bond donors (Lipinski definition) is 2. The largest absolute Gasteiger partial charge is 0.416 e. The lowest BCUT2D eigenvalue weighted by atomic mass is 9.76. The molecule has 1 aliphatic rings. The van der Waals surface area contributed by atoms with Crippen LogP contribution in [-0.4, -0.2) is 10.1 Å². The third kappa shape index (κ3) is 1.93. The van der Waals surface area contributed by atoms with Crippen LogP contribution in [0.4, 0.5) is 13.2 Å². The van der Waals surface area contributed by atoms with Crippen LogP contribution in [0.2, 0.25) is 0 Å². The summed E-state index contributed by atoms with van der Waals surface area (Å²) < 4.78 is 39.5. The number of benzene rings is 1. The van der Waals surface area contributed by atoms with Crippen LogP contribution in [0.25, 0.3) is 0 Å². The van der Waals surface area contributed by atoms with Gasteiger partial charge < -0.3 is 10.1 Å². The number of aromatic nitrogens is 1. The van der Waals surface area contributed by atoms with Crippen molar-refractivity contribution in [2.75, 3.05) is 0 Å². The summed E-state index contributed by atoms with van der Waals surface area (Å²) in [6.07, 6.45) is -1.11. The SMILES string of the molecule is OC1(c2ccccc2C(F)(F)F)CCCc2[nH]ccc21. The fourth-order valence-corrected chi connectivity index (χ4v) is 3.02. The Morgan fingerprint density at radius 3 is 2.60 bits per heavy atom. The fraction of sp³-hybridized carbons (Fsp3) is 0.333. The van der Waals surface area contributed by atoms with Gasteiger partial charge in [-0.05, 0) is 31.4 Å². The third-order valence-electron chi connectivity index (χ3n) is 3.92. The molecule has 1 aromatic heterocycles. The molecule has 5 heteroatoms. The van der Waals surface area contributed by atoms with E-state index in [9.17, 15) is 18.3 Å². The monoisotopic (exact) mass is 281 g/mol. The van der Waals surface area contributed by atoms with Crippen molar-refractivity contribution in [1.29, 1.82) is 0 Å². The molecule has 1 unspecified atom stereocenters. The zero-order valence-corrected chi connectivity index (χ0v) is 10.7. The van der Waals surface area contributed by atoms with E-state index in [0.717, 1.165) is 18.2 Å². The van der Waals surface area contributed by atoms with E-state index in [0.29, 0.717) is 18.4 Å². The summed E-state index contributed by atoms with van der Waals surface area (Å²) in [6.45, 7) is 0. The van der Waals surface area contributed by atoms with Crippen LogP contribution < -0.4 is 0 Å². The van der Waals surface area contributed by atoms with Crippen LogP contribution in [0.5, 0.6) is 0 Å². The van der Waals surface area contributed by atoms with Gasteiger partial charge in [0.25, 0.3) is 0 Å². The number of alkyl halides is 3. The number of hydrogen-bond acceptors (Lipinski definition) is 1. The van der Waals surface area contributed by atoms with E-state index >= 15 is 0 Å². The van der Waals surface area contributed by atoms with Crippen molar-refractivity contribution < 1.29 is 18.3 Å². The molecule has 0 spiro atoms. The lowest BCUT2D eigenvalue weighted by Gasteiger charge is -2.34. The van der Waals surface area contributed by atoms with E-state index in [1.807, 2.05) is 0 Å². The first kappa shape index (κ1) is 13.2. The minimum absolute atomic E-state index is 0.0620. The Morgan fingerprint density at radius 1 is 1.10 bits per heavy atom. The Hall–Kier alpha value is -1.75. The van der Waals surface area contributed by atoms with Crippen molar-refractivity contribution in [3.8, 4) is 0 Å². The molecule has 0 amide bonds. The lowest BCUT2D eigenvalue weighted by Crippen LogP contribution is -2.33. The van der Waals surface area contributed by atoms with Crippen molar-refractivity contribution in [3.63, 3.8) is 0 Å². The Morgan fingerprint density at radius 2 is 1.85 bits per heavy atom. The summed E-state index contributed by atoms with van der Waals surface area (Å²) in [4.78, 5) is 3.00. The highest BCUT2D eigenvalue weighted by molar-refractivity contribution is 5.45. The quantitative estimate of drug-likeness (QED) is 0.823. The second-order valence-electron chi connectivity index (χ2n) is 5.13. The molecule has 0 saturated carbocycles. The molecule has 20 heavy (non-hydrogen) atoms. The first-order chi connectivity index (χ1) is 9.43. The molecule has 0 bridgehead atoms. The fourth-order valence-electron chi connectivity index (χ4n) is 3.02. The molecule has 0 fully saturated rings. The van der Waals surface area contributed by atoms with Gasteiger partial charge in [0.05, 0.1) is 5.56 Å². The van der Waals surface area contributed by atoms with Gasteiger partial charge in [0.2, 0.25) is 0 Å². The maximum atomic E-state index is 13.2. The smallest absolute Gasteiger partial charge is 0.380 e. The van der Waals surface area contributed by atoms with Gasteiger partial charge in [-0.25, -0.2) is 0 Å². The molecule has 1 atom stereocenters. The Labute approximate surface area is 114 Å². The summed E-state index contributed by atoms with van der Waals surface area (Å²) >= 11 is 0. The predicted molar refractivity (Wildman–Crippen MR) is 68.2 cm³/mol. The van der Waals surface area contributed by atoms with Gasteiger partial charge in [0.15, 0.2) is 0 Å². The molecule has 2 N–H and O–H groups in total. The summed E-state index contributed by atoms with van der Waals surface area (Å²) in [6, 6.07) is 6.93. The van der Waals surface area contributed by atoms with Crippen LogP contribution in [0.15, 0.2) is 36.5 Å². The summed E-state index contributed by atoms with van der Waals surface area (Å²) in [5.41, 5.74) is -1.03. The molecule has 106 valence electrons. The van der Waals surface area contributed by atoms with Crippen molar-refractivity contribution in [1.82, 2.24) is 4.98 Å². The van der Waals surface area contributed by atoms with Gasteiger partial charge in [0.1, 0.15) is 5.60 Å². The van der Waals surface area contributed by atoms with Gasteiger partial charge >= 0.3 is 6.18 Å². The number of halogens is 3. The molecule has 1 aliphatic carbocycles. The highest BCUT2D eigenvalue weighted by Crippen LogP contribution is 2.45. The van der Waals surface area contributed by atoms with E-state index in [-0.39, 0.29) is 5.56 Å². The first-order valence-corrected chi connectivity index (χ1v) is 6.49. The van der Waals surface area contributed by atoms with Crippen LogP contribution in [0.3, 0.4) is 0 Å². The van der Waals surface area contributed by atoms with Crippen LogP contribution in [-0.2, 0) is 18.2 Å².